The third-order valence-electron chi connectivity index (χ3n) is 6.07. The monoisotopic (exact) mass is 475 g/mol. The van der Waals surface area contributed by atoms with Crippen molar-refractivity contribution in [3.05, 3.63) is 75.7 Å². The number of nitro groups is 1. The van der Waals surface area contributed by atoms with Gasteiger partial charge in [-0.25, -0.2) is 0 Å². The minimum atomic E-state index is -4.44. The van der Waals surface area contributed by atoms with Crippen LogP contribution in [0.2, 0.25) is 0 Å². The van der Waals surface area contributed by atoms with Crippen LogP contribution < -0.4 is 0 Å². The number of piperazine rings is 1. The van der Waals surface area contributed by atoms with E-state index in [4.69, 9.17) is 4.52 Å². The number of hydrogen-bond donors (Lipinski definition) is 0. The summed E-state index contributed by atoms with van der Waals surface area (Å²) in [7, 11) is 0. The van der Waals surface area contributed by atoms with Crippen LogP contribution in [0.15, 0.2) is 53.1 Å². The number of alkyl halides is 3. The molecule has 1 aromatic heterocycles. The van der Waals surface area contributed by atoms with Gasteiger partial charge in [-0.15, -0.1) is 0 Å². The highest BCUT2D eigenvalue weighted by Gasteiger charge is 2.31. The van der Waals surface area contributed by atoms with Gasteiger partial charge in [0.05, 0.1) is 16.5 Å². The van der Waals surface area contributed by atoms with E-state index in [0.29, 0.717) is 5.89 Å². The fourth-order valence-electron chi connectivity index (χ4n) is 3.96. The number of rotatable bonds is 7. The molecule has 11 heteroatoms. The molecular formula is C23H24F3N5O3. The summed E-state index contributed by atoms with van der Waals surface area (Å²) in [6.07, 6.45) is -3.63. The van der Waals surface area contributed by atoms with Crippen LogP contribution in [0.5, 0.6) is 0 Å². The summed E-state index contributed by atoms with van der Waals surface area (Å²) < 4.78 is 44.3. The molecule has 2 heterocycles. The van der Waals surface area contributed by atoms with Gasteiger partial charge < -0.3 is 9.42 Å². The zero-order valence-corrected chi connectivity index (χ0v) is 18.5. The fraction of sp³-hybridized carbons (Fsp3) is 0.391. The van der Waals surface area contributed by atoms with Gasteiger partial charge in [0.1, 0.15) is 0 Å². The molecule has 0 radical (unpaired) electrons. The van der Waals surface area contributed by atoms with Gasteiger partial charge >= 0.3 is 6.18 Å². The first-order valence-corrected chi connectivity index (χ1v) is 10.9. The largest absolute Gasteiger partial charge is 0.416 e. The molecule has 1 fully saturated rings. The number of hydrogen-bond acceptors (Lipinski definition) is 7. The van der Waals surface area contributed by atoms with Gasteiger partial charge in [0.15, 0.2) is 0 Å². The van der Waals surface area contributed by atoms with E-state index in [1.165, 1.54) is 24.3 Å². The lowest BCUT2D eigenvalue weighted by atomic mass is 10.1. The zero-order chi connectivity index (χ0) is 24.3. The first-order chi connectivity index (χ1) is 16.2. The molecule has 1 saturated heterocycles. The molecule has 0 bridgehead atoms. The molecule has 0 amide bonds. The molecule has 180 valence electrons. The van der Waals surface area contributed by atoms with E-state index in [0.717, 1.165) is 56.8 Å². The van der Waals surface area contributed by atoms with Crippen LogP contribution in [0.25, 0.3) is 11.4 Å². The number of nitrogens with zero attached hydrogens (tertiary/aromatic N) is 5. The lowest BCUT2D eigenvalue weighted by Crippen LogP contribution is -2.47. The lowest BCUT2D eigenvalue weighted by Gasteiger charge is -2.36. The van der Waals surface area contributed by atoms with Crippen molar-refractivity contribution in [1.82, 2.24) is 19.9 Å². The first kappa shape index (κ1) is 23.8. The van der Waals surface area contributed by atoms with Crippen LogP contribution in [0.1, 0.15) is 30.0 Å². The Morgan fingerprint density at radius 2 is 1.82 bits per heavy atom. The van der Waals surface area contributed by atoms with Crippen molar-refractivity contribution in [2.75, 3.05) is 32.7 Å². The van der Waals surface area contributed by atoms with Gasteiger partial charge in [0.2, 0.25) is 11.7 Å². The van der Waals surface area contributed by atoms with Crippen LogP contribution in [-0.4, -0.2) is 57.6 Å². The van der Waals surface area contributed by atoms with Crippen molar-refractivity contribution in [1.29, 1.82) is 0 Å². The van der Waals surface area contributed by atoms with Crippen molar-refractivity contribution < 1.29 is 22.6 Å². The van der Waals surface area contributed by atoms with Gasteiger partial charge in [-0.3, -0.25) is 15.0 Å². The molecule has 1 aliphatic heterocycles. The van der Waals surface area contributed by atoms with Crippen molar-refractivity contribution in [3.63, 3.8) is 0 Å². The second kappa shape index (κ2) is 9.90. The summed E-state index contributed by atoms with van der Waals surface area (Å²) in [4.78, 5) is 19.2. The Balaban J connectivity index is 1.30. The Hall–Kier alpha value is -3.31. The molecule has 3 aromatic rings. The highest BCUT2D eigenvalue weighted by molar-refractivity contribution is 5.55. The predicted octanol–water partition coefficient (Wildman–Crippen LogP) is 4.58. The SMILES string of the molecule is CC(c1nc(-c2cccc(C(F)(F)F)c2)no1)N1CCN(CCc2ccc([N+](=O)[O-])cc2)CC1. The molecule has 4 rings (SSSR count). The van der Waals surface area contributed by atoms with E-state index in [2.05, 4.69) is 19.9 Å². The first-order valence-electron chi connectivity index (χ1n) is 10.9. The zero-order valence-electron chi connectivity index (χ0n) is 18.5. The molecule has 8 nitrogen and oxygen atoms in total. The fourth-order valence-corrected chi connectivity index (χ4v) is 3.96. The molecule has 34 heavy (non-hydrogen) atoms. The summed E-state index contributed by atoms with van der Waals surface area (Å²) >= 11 is 0. The Labute approximate surface area is 194 Å². The predicted molar refractivity (Wildman–Crippen MR) is 118 cm³/mol. The van der Waals surface area contributed by atoms with Crippen LogP contribution in [0.4, 0.5) is 18.9 Å². The molecule has 2 aromatic carbocycles. The molecule has 0 saturated carbocycles. The van der Waals surface area contributed by atoms with E-state index in [1.807, 2.05) is 6.92 Å². The summed E-state index contributed by atoms with van der Waals surface area (Å²) in [5.74, 6) is 0.501. The van der Waals surface area contributed by atoms with E-state index in [9.17, 15) is 23.3 Å². The highest BCUT2D eigenvalue weighted by Crippen LogP contribution is 2.32. The topological polar surface area (TPSA) is 88.5 Å². The summed E-state index contributed by atoms with van der Waals surface area (Å²) in [6.45, 7) is 6.03. The summed E-state index contributed by atoms with van der Waals surface area (Å²) in [5.41, 5.74) is 0.639. The van der Waals surface area contributed by atoms with Crippen LogP contribution in [0.3, 0.4) is 0 Å². The smallest absolute Gasteiger partial charge is 0.337 e. The van der Waals surface area contributed by atoms with Crippen LogP contribution in [-0.2, 0) is 12.6 Å². The minimum Gasteiger partial charge on any atom is -0.337 e. The molecule has 0 N–H and O–H groups in total. The summed E-state index contributed by atoms with van der Waals surface area (Å²) in [6, 6.07) is 11.3. The molecule has 0 spiro atoms. The van der Waals surface area contributed by atoms with Gasteiger partial charge in [0, 0.05) is 50.4 Å². The van der Waals surface area contributed by atoms with Gasteiger partial charge in [0.25, 0.3) is 5.69 Å². The maximum Gasteiger partial charge on any atom is 0.416 e. The van der Waals surface area contributed by atoms with Crippen molar-refractivity contribution in [3.8, 4) is 11.4 Å². The van der Waals surface area contributed by atoms with Crippen LogP contribution in [0, 0.1) is 10.1 Å². The van der Waals surface area contributed by atoms with Crippen molar-refractivity contribution >= 4 is 5.69 Å². The van der Waals surface area contributed by atoms with E-state index in [-0.39, 0.29) is 23.1 Å². The number of halogens is 3. The van der Waals surface area contributed by atoms with Gasteiger partial charge in [-0.05, 0) is 31.0 Å². The average Bonchev–Trinajstić information content (AvgIpc) is 3.33. The molecule has 0 aliphatic carbocycles. The van der Waals surface area contributed by atoms with Crippen molar-refractivity contribution in [2.45, 2.75) is 25.6 Å². The minimum absolute atomic E-state index is 0.0867. The quantitative estimate of drug-likeness (QED) is 0.365. The highest BCUT2D eigenvalue weighted by atomic mass is 19.4. The normalized spacial score (nSPS) is 16.5. The van der Waals surface area contributed by atoms with Crippen LogP contribution >= 0.6 is 0 Å². The Morgan fingerprint density at radius 1 is 1.12 bits per heavy atom. The van der Waals surface area contributed by atoms with Crippen molar-refractivity contribution in [2.24, 2.45) is 0 Å². The molecule has 1 aliphatic rings. The van der Waals surface area contributed by atoms with Gasteiger partial charge in [-0.1, -0.05) is 29.4 Å². The molecule has 1 atom stereocenters. The second-order valence-electron chi connectivity index (χ2n) is 8.26. The Bertz CT molecular complexity index is 1130. The molecule has 1 unspecified atom stereocenters. The number of non-ortho nitro benzene ring substituents is 1. The maximum absolute atomic E-state index is 13.0. The van der Waals surface area contributed by atoms with E-state index < -0.39 is 16.7 Å². The third kappa shape index (κ3) is 5.60. The number of benzene rings is 2. The average molecular weight is 475 g/mol. The second-order valence-corrected chi connectivity index (χ2v) is 8.26. The Kier molecular flexibility index (Phi) is 6.94. The Morgan fingerprint density at radius 3 is 2.47 bits per heavy atom. The summed E-state index contributed by atoms with van der Waals surface area (Å²) in [5, 5.41) is 14.7. The standard InChI is InChI=1S/C23H24F3N5O3/c1-16(22-27-21(28-34-22)18-3-2-4-19(15-18)23(24,25)26)30-13-11-29(12-14-30)10-9-17-5-7-20(8-6-17)31(32)33/h2-8,15-16H,9-14H2,1H3. The van der Waals surface area contributed by atoms with E-state index in [1.54, 1.807) is 12.1 Å². The number of aromatic nitrogens is 2. The molecular weight excluding hydrogens is 451 g/mol. The number of nitro benzene ring substituents is 1. The van der Waals surface area contributed by atoms with Gasteiger partial charge in [-0.2, -0.15) is 18.2 Å². The maximum atomic E-state index is 13.0. The third-order valence-corrected chi connectivity index (χ3v) is 6.07. The lowest BCUT2D eigenvalue weighted by molar-refractivity contribution is -0.384. The van der Waals surface area contributed by atoms with E-state index >= 15 is 0 Å².